The second kappa shape index (κ2) is 5.99. The van der Waals surface area contributed by atoms with Gasteiger partial charge in [-0.3, -0.25) is 9.59 Å². The van der Waals surface area contributed by atoms with Gasteiger partial charge in [0.25, 0.3) is 11.5 Å². The molecular formula is C16H18N4O5. The number of nitrogens with zero attached hydrogens (tertiary/aromatic N) is 3. The van der Waals surface area contributed by atoms with Crippen LogP contribution in [0.3, 0.4) is 0 Å². The van der Waals surface area contributed by atoms with Gasteiger partial charge in [0.1, 0.15) is 11.3 Å². The third-order valence-electron chi connectivity index (χ3n) is 4.63. The van der Waals surface area contributed by atoms with Crippen molar-refractivity contribution in [3.05, 3.63) is 33.4 Å². The van der Waals surface area contributed by atoms with Gasteiger partial charge in [-0.1, -0.05) is 0 Å². The molecule has 25 heavy (non-hydrogen) atoms. The molecule has 0 aromatic carbocycles. The van der Waals surface area contributed by atoms with Crippen LogP contribution < -0.4 is 5.56 Å². The van der Waals surface area contributed by atoms with Crippen LogP contribution in [0.2, 0.25) is 0 Å². The SMILES string of the molecule is CCOC(=O)c1cc2[nH]c3c(c(=O)n2n1)CN(C1CCOCC1)C3=O. The first-order valence-electron chi connectivity index (χ1n) is 8.31. The van der Waals surface area contributed by atoms with E-state index in [1.807, 2.05) is 0 Å². The van der Waals surface area contributed by atoms with Gasteiger partial charge in [-0.2, -0.15) is 9.61 Å². The van der Waals surface area contributed by atoms with Crippen LogP contribution in [-0.4, -0.2) is 57.2 Å². The second-order valence-electron chi connectivity index (χ2n) is 6.11. The number of hydrogen-bond donors (Lipinski definition) is 1. The summed E-state index contributed by atoms with van der Waals surface area (Å²) in [5.41, 5.74) is 0.602. The van der Waals surface area contributed by atoms with Crippen molar-refractivity contribution >= 4 is 17.5 Å². The fourth-order valence-electron chi connectivity index (χ4n) is 3.37. The van der Waals surface area contributed by atoms with Crippen molar-refractivity contribution in [3.8, 4) is 0 Å². The largest absolute Gasteiger partial charge is 0.461 e. The van der Waals surface area contributed by atoms with Crippen LogP contribution >= 0.6 is 0 Å². The van der Waals surface area contributed by atoms with E-state index >= 15 is 0 Å². The Labute approximate surface area is 142 Å². The van der Waals surface area contributed by atoms with Crippen LogP contribution in [0, 0.1) is 0 Å². The smallest absolute Gasteiger partial charge is 0.358 e. The van der Waals surface area contributed by atoms with Gasteiger partial charge in [0.15, 0.2) is 5.69 Å². The maximum atomic E-state index is 12.7. The van der Waals surface area contributed by atoms with Gasteiger partial charge < -0.3 is 19.4 Å². The molecule has 0 radical (unpaired) electrons. The summed E-state index contributed by atoms with van der Waals surface area (Å²) in [6, 6.07) is 1.49. The number of carbonyl (C=O) groups is 2. The molecular weight excluding hydrogens is 328 g/mol. The minimum Gasteiger partial charge on any atom is -0.461 e. The first kappa shape index (κ1) is 15.8. The summed E-state index contributed by atoms with van der Waals surface area (Å²) in [7, 11) is 0. The number of rotatable bonds is 3. The maximum absolute atomic E-state index is 12.7. The molecule has 1 saturated heterocycles. The lowest BCUT2D eigenvalue weighted by molar-refractivity contribution is 0.0301. The average molecular weight is 346 g/mol. The van der Waals surface area contributed by atoms with Crippen molar-refractivity contribution in [2.24, 2.45) is 0 Å². The molecule has 0 saturated carbocycles. The Morgan fingerprint density at radius 1 is 1.40 bits per heavy atom. The predicted octanol–water partition coefficient (Wildman–Crippen LogP) is 0.334. The van der Waals surface area contributed by atoms with Crippen LogP contribution in [0.5, 0.6) is 0 Å². The minimum absolute atomic E-state index is 0.0348. The molecule has 0 unspecified atom stereocenters. The summed E-state index contributed by atoms with van der Waals surface area (Å²) in [5.74, 6) is -0.797. The molecule has 2 aromatic rings. The quantitative estimate of drug-likeness (QED) is 0.803. The minimum atomic E-state index is -0.602. The topological polar surface area (TPSA) is 106 Å². The van der Waals surface area contributed by atoms with E-state index in [2.05, 4.69) is 10.1 Å². The number of ether oxygens (including phenoxy) is 2. The number of hydrogen-bond acceptors (Lipinski definition) is 6. The number of esters is 1. The summed E-state index contributed by atoms with van der Waals surface area (Å²) in [6.45, 7) is 3.39. The fraction of sp³-hybridized carbons (Fsp3) is 0.500. The number of amides is 1. The molecule has 0 aliphatic carbocycles. The molecule has 1 N–H and O–H groups in total. The molecule has 2 aromatic heterocycles. The summed E-state index contributed by atoms with van der Waals surface area (Å²) in [6.07, 6.45) is 1.52. The first-order valence-corrected chi connectivity index (χ1v) is 8.31. The highest BCUT2D eigenvalue weighted by molar-refractivity contribution is 5.97. The van der Waals surface area contributed by atoms with Gasteiger partial charge in [0, 0.05) is 25.3 Å². The molecule has 9 heteroatoms. The Morgan fingerprint density at radius 2 is 2.16 bits per heavy atom. The van der Waals surface area contributed by atoms with Gasteiger partial charge >= 0.3 is 5.97 Å². The number of aromatic amines is 1. The van der Waals surface area contributed by atoms with E-state index < -0.39 is 5.97 Å². The molecule has 1 amide bonds. The Hall–Kier alpha value is -2.68. The summed E-state index contributed by atoms with van der Waals surface area (Å²) in [5, 5.41) is 4.02. The third kappa shape index (κ3) is 2.51. The molecule has 2 aliphatic heterocycles. The van der Waals surface area contributed by atoms with E-state index in [-0.39, 0.29) is 42.0 Å². The van der Waals surface area contributed by atoms with Crippen molar-refractivity contribution in [1.29, 1.82) is 0 Å². The molecule has 2 aliphatic rings. The zero-order valence-corrected chi connectivity index (χ0v) is 13.8. The van der Waals surface area contributed by atoms with Gasteiger partial charge in [-0.15, -0.1) is 0 Å². The van der Waals surface area contributed by atoms with E-state index in [9.17, 15) is 14.4 Å². The first-order chi connectivity index (χ1) is 12.1. The lowest BCUT2D eigenvalue weighted by Gasteiger charge is -2.30. The van der Waals surface area contributed by atoms with Gasteiger partial charge in [0.05, 0.1) is 18.7 Å². The van der Waals surface area contributed by atoms with E-state index in [0.29, 0.717) is 24.4 Å². The van der Waals surface area contributed by atoms with Crippen molar-refractivity contribution in [2.45, 2.75) is 32.4 Å². The lowest BCUT2D eigenvalue weighted by atomic mass is 10.1. The van der Waals surface area contributed by atoms with Crippen LogP contribution in [0.4, 0.5) is 0 Å². The van der Waals surface area contributed by atoms with E-state index in [4.69, 9.17) is 9.47 Å². The fourth-order valence-corrected chi connectivity index (χ4v) is 3.37. The Balaban J connectivity index is 1.72. The molecule has 4 rings (SSSR count). The Kier molecular flexibility index (Phi) is 3.79. The normalized spacial score (nSPS) is 18.0. The van der Waals surface area contributed by atoms with Crippen LogP contribution in [0.1, 0.15) is 46.3 Å². The van der Waals surface area contributed by atoms with Crippen molar-refractivity contribution in [3.63, 3.8) is 0 Å². The third-order valence-corrected chi connectivity index (χ3v) is 4.63. The Morgan fingerprint density at radius 3 is 2.88 bits per heavy atom. The van der Waals surface area contributed by atoms with Gasteiger partial charge in [-0.05, 0) is 19.8 Å². The van der Waals surface area contributed by atoms with Crippen LogP contribution in [0.25, 0.3) is 5.65 Å². The van der Waals surface area contributed by atoms with E-state index in [1.54, 1.807) is 11.8 Å². The van der Waals surface area contributed by atoms with E-state index in [0.717, 1.165) is 17.4 Å². The number of fused-ring (bicyclic) bond motifs is 2. The molecule has 4 heterocycles. The molecule has 9 nitrogen and oxygen atoms in total. The van der Waals surface area contributed by atoms with Crippen molar-refractivity contribution in [1.82, 2.24) is 19.5 Å². The summed E-state index contributed by atoms with van der Waals surface area (Å²) < 4.78 is 11.4. The Bertz CT molecular complexity index is 909. The maximum Gasteiger partial charge on any atom is 0.358 e. The summed E-state index contributed by atoms with van der Waals surface area (Å²) >= 11 is 0. The average Bonchev–Trinajstić information content (AvgIpc) is 3.19. The predicted molar refractivity (Wildman–Crippen MR) is 85.5 cm³/mol. The number of carbonyl (C=O) groups excluding carboxylic acids is 2. The standard InChI is InChI=1S/C16H18N4O5/c1-2-25-16(23)11-7-12-17-13-10(14(21)20(12)18-11)8-19(15(13)22)9-3-5-24-6-4-9/h7,9,17H,2-6,8H2,1H3. The zero-order valence-electron chi connectivity index (χ0n) is 13.8. The molecule has 0 spiro atoms. The highest BCUT2D eigenvalue weighted by Gasteiger charge is 2.36. The van der Waals surface area contributed by atoms with Crippen molar-refractivity contribution < 1.29 is 19.1 Å². The van der Waals surface area contributed by atoms with Crippen LogP contribution in [-0.2, 0) is 16.0 Å². The number of H-pyrrole nitrogens is 1. The molecule has 1 fully saturated rings. The van der Waals surface area contributed by atoms with Crippen LogP contribution in [0.15, 0.2) is 10.9 Å². The highest BCUT2D eigenvalue weighted by atomic mass is 16.5. The molecule has 132 valence electrons. The zero-order chi connectivity index (χ0) is 17.6. The highest BCUT2D eigenvalue weighted by Crippen LogP contribution is 2.25. The molecule has 0 atom stereocenters. The molecule has 0 bridgehead atoms. The number of aromatic nitrogens is 3. The van der Waals surface area contributed by atoms with Gasteiger partial charge in [-0.25, -0.2) is 4.79 Å². The lowest BCUT2D eigenvalue weighted by Crippen LogP contribution is -2.39. The second-order valence-corrected chi connectivity index (χ2v) is 6.11. The van der Waals surface area contributed by atoms with E-state index in [1.165, 1.54) is 6.07 Å². The van der Waals surface area contributed by atoms with Gasteiger partial charge in [0.2, 0.25) is 0 Å². The summed E-state index contributed by atoms with van der Waals surface area (Å²) in [4.78, 5) is 41.9. The number of nitrogens with one attached hydrogen (secondary N) is 1. The van der Waals surface area contributed by atoms with Crippen molar-refractivity contribution in [2.75, 3.05) is 19.8 Å². The monoisotopic (exact) mass is 346 g/mol.